The summed E-state index contributed by atoms with van der Waals surface area (Å²) in [6.07, 6.45) is 1.94. The molecule has 0 aliphatic heterocycles. The Hall–Kier alpha value is -1.33. The van der Waals surface area contributed by atoms with E-state index >= 15 is 0 Å². The minimum absolute atomic E-state index is 0.694. The topological polar surface area (TPSA) is 51.0 Å². The van der Waals surface area contributed by atoms with Crippen LogP contribution in [0.1, 0.15) is 25.1 Å². The Balaban J connectivity index is 1.74. The number of nitrogens with one attached hydrogen (secondary N) is 1. The van der Waals surface area contributed by atoms with Crippen molar-refractivity contribution in [3.8, 4) is 0 Å². The van der Waals surface area contributed by atoms with E-state index in [1.165, 1.54) is 4.90 Å². The first-order valence-electron chi connectivity index (χ1n) is 6.58. The van der Waals surface area contributed by atoms with Gasteiger partial charge in [-0.1, -0.05) is 25.1 Å². The third kappa shape index (κ3) is 5.04. The van der Waals surface area contributed by atoms with E-state index < -0.39 is 0 Å². The molecular formula is C14H19N3OS. The highest BCUT2D eigenvalue weighted by molar-refractivity contribution is 7.98. The summed E-state index contributed by atoms with van der Waals surface area (Å²) in [5.41, 5.74) is 0. The van der Waals surface area contributed by atoms with E-state index in [1.807, 2.05) is 18.2 Å². The number of thioether (sulfide) groups is 1. The number of hydrogen-bond donors (Lipinski definition) is 1. The van der Waals surface area contributed by atoms with Crippen LogP contribution in [0.5, 0.6) is 0 Å². The standard InChI is InChI=1S/C14H19N3OS/c1-2-9-15-10-8-13-16-17-14(18-13)11-19-12-6-4-3-5-7-12/h3-7,15H,2,8-11H2,1H3. The fourth-order valence-corrected chi connectivity index (χ4v) is 2.36. The van der Waals surface area contributed by atoms with Crippen molar-refractivity contribution in [2.45, 2.75) is 30.4 Å². The number of nitrogens with zero attached hydrogens (tertiary/aromatic N) is 2. The van der Waals surface area contributed by atoms with Crippen molar-refractivity contribution in [1.82, 2.24) is 15.5 Å². The van der Waals surface area contributed by atoms with Gasteiger partial charge in [-0.05, 0) is 25.1 Å². The lowest BCUT2D eigenvalue weighted by Gasteiger charge is -1.99. The molecule has 19 heavy (non-hydrogen) atoms. The molecule has 1 aromatic carbocycles. The van der Waals surface area contributed by atoms with Crippen LogP contribution < -0.4 is 5.32 Å². The fraction of sp³-hybridized carbons (Fsp3) is 0.429. The van der Waals surface area contributed by atoms with Gasteiger partial charge in [0, 0.05) is 17.9 Å². The summed E-state index contributed by atoms with van der Waals surface area (Å²) < 4.78 is 5.60. The smallest absolute Gasteiger partial charge is 0.226 e. The van der Waals surface area contributed by atoms with Gasteiger partial charge in [0.25, 0.3) is 0 Å². The monoisotopic (exact) mass is 277 g/mol. The van der Waals surface area contributed by atoms with Crippen molar-refractivity contribution >= 4 is 11.8 Å². The largest absolute Gasteiger partial charge is 0.424 e. The van der Waals surface area contributed by atoms with Crippen LogP contribution >= 0.6 is 11.8 Å². The van der Waals surface area contributed by atoms with Crippen LogP contribution in [0.15, 0.2) is 39.6 Å². The average Bonchev–Trinajstić information content (AvgIpc) is 2.91. The van der Waals surface area contributed by atoms with Gasteiger partial charge in [0.15, 0.2) is 0 Å². The molecule has 102 valence electrons. The van der Waals surface area contributed by atoms with Gasteiger partial charge in [-0.15, -0.1) is 22.0 Å². The molecule has 0 spiro atoms. The summed E-state index contributed by atoms with van der Waals surface area (Å²) in [5, 5.41) is 11.4. The predicted molar refractivity (Wildman–Crippen MR) is 77.2 cm³/mol. The van der Waals surface area contributed by atoms with Crippen molar-refractivity contribution in [3.05, 3.63) is 42.1 Å². The molecule has 0 amide bonds. The highest BCUT2D eigenvalue weighted by Gasteiger charge is 2.06. The van der Waals surface area contributed by atoms with Gasteiger partial charge >= 0.3 is 0 Å². The summed E-state index contributed by atoms with van der Waals surface area (Å²) in [4.78, 5) is 1.21. The quantitative estimate of drug-likeness (QED) is 0.594. The van der Waals surface area contributed by atoms with E-state index in [2.05, 4.69) is 34.6 Å². The lowest BCUT2D eigenvalue weighted by molar-refractivity contribution is 0.457. The molecule has 0 radical (unpaired) electrons. The lowest BCUT2D eigenvalue weighted by atomic mass is 10.4. The molecule has 0 aliphatic carbocycles. The van der Waals surface area contributed by atoms with Crippen molar-refractivity contribution in [2.24, 2.45) is 0 Å². The third-order valence-electron chi connectivity index (χ3n) is 2.56. The Morgan fingerprint density at radius 2 is 1.89 bits per heavy atom. The normalized spacial score (nSPS) is 10.8. The Bertz CT molecular complexity index is 473. The molecule has 0 bridgehead atoms. The van der Waals surface area contributed by atoms with Gasteiger partial charge in [-0.25, -0.2) is 0 Å². The second-order valence-electron chi connectivity index (χ2n) is 4.19. The van der Waals surface area contributed by atoms with Crippen LogP contribution in [0.4, 0.5) is 0 Å². The minimum atomic E-state index is 0.694. The van der Waals surface area contributed by atoms with Gasteiger partial charge in [0.2, 0.25) is 11.8 Å². The van der Waals surface area contributed by atoms with Gasteiger partial charge in [-0.2, -0.15) is 0 Å². The number of rotatable bonds is 8. The lowest BCUT2D eigenvalue weighted by Crippen LogP contribution is -2.17. The van der Waals surface area contributed by atoms with E-state index in [0.717, 1.165) is 31.7 Å². The zero-order valence-corrected chi connectivity index (χ0v) is 11.9. The maximum Gasteiger partial charge on any atom is 0.226 e. The first-order chi connectivity index (χ1) is 9.38. The van der Waals surface area contributed by atoms with Crippen molar-refractivity contribution < 1.29 is 4.42 Å². The van der Waals surface area contributed by atoms with Gasteiger partial charge in [0.05, 0.1) is 5.75 Å². The minimum Gasteiger partial charge on any atom is -0.424 e. The molecule has 1 aromatic heterocycles. The fourth-order valence-electron chi connectivity index (χ4n) is 1.61. The molecule has 0 saturated heterocycles. The highest BCUT2D eigenvalue weighted by atomic mass is 32.2. The molecule has 0 fully saturated rings. The van der Waals surface area contributed by atoms with Crippen molar-refractivity contribution in [3.63, 3.8) is 0 Å². The molecule has 1 N–H and O–H groups in total. The van der Waals surface area contributed by atoms with Crippen LogP contribution in [0, 0.1) is 0 Å². The van der Waals surface area contributed by atoms with Crippen molar-refractivity contribution in [1.29, 1.82) is 0 Å². The molecule has 2 rings (SSSR count). The van der Waals surface area contributed by atoms with Gasteiger partial charge < -0.3 is 9.73 Å². The van der Waals surface area contributed by atoms with Crippen molar-refractivity contribution in [2.75, 3.05) is 13.1 Å². The maximum absolute atomic E-state index is 5.60. The second kappa shape index (κ2) is 7.96. The Morgan fingerprint density at radius 1 is 1.11 bits per heavy atom. The van der Waals surface area contributed by atoms with E-state index in [4.69, 9.17) is 4.42 Å². The SMILES string of the molecule is CCCNCCc1nnc(CSc2ccccc2)o1. The molecule has 5 heteroatoms. The molecule has 4 nitrogen and oxygen atoms in total. The summed E-state index contributed by atoms with van der Waals surface area (Å²) >= 11 is 1.71. The number of benzene rings is 1. The molecule has 0 aliphatic rings. The van der Waals surface area contributed by atoms with E-state index in [9.17, 15) is 0 Å². The van der Waals surface area contributed by atoms with Crippen LogP contribution in [-0.2, 0) is 12.2 Å². The molecule has 0 atom stereocenters. The molecule has 1 heterocycles. The summed E-state index contributed by atoms with van der Waals surface area (Å²) in [6, 6.07) is 10.2. The van der Waals surface area contributed by atoms with Crippen LogP contribution in [0.2, 0.25) is 0 Å². The predicted octanol–water partition coefficient (Wildman–Crippen LogP) is 2.90. The summed E-state index contributed by atoms with van der Waals surface area (Å²) in [5.74, 6) is 2.13. The number of aromatic nitrogens is 2. The van der Waals surface area contributed by atoms with Gasteiger partial charge in [0.1, 0.15) is 0 Å². The first kappa shape index (κ1) is 14.1. The van der Waals surface area contributed by atoms with Gasteiger partial charge in [-0.3, -0.25) is 0 Å². The average molecular weight is 277 g/mol. The van der Waals surface area contributed by atoms with Crippen LogP contribution in [0.25, 0.3) is 0 Å². The van der Waals surface area contributed by atoms with E-state index in [-0.39, 0.29) is 0 Å². The molecule has 2 aromatic rings. The maximum atomic E-state index is 5.60. The number of hydrogen-bond acceptors (Lipinski definition) is 5. The summed E-state index contributed by atoms with van der Waals surface area (Å²) in [7, 11) is 0. The Labute approximate surface area is 118 Å². The van der Waals surface area contributed by atoms with E-state index in [1.54, 1.807) is 11.8 Å². The molecule has 0 saturated carbocycles. The Morgan fingerprint density at radius 3 is 2.68 bits per heavy atom. The molecular weight excluding hydrogens is 258 g/mol. The third-order valence-corrected chi connectivity index (χ3v) is 3.55. The van der Waals surface area contributed by atoms with Crippen LogP contribution in [-0.4, -0.2) is 23.3 Å². The first-order valence-corrected chi connectivity index (χ1v) is 7.57. The zero-order valence-electron chi connectivity index (χ0n) is 11.1. The van der Waals surface area contributed by atoms with E-state index in [0.29, 0.717) is 11.8 Å². The summed E-state index contributed by atoms with van der Waals surface area (Å²) in [6.45, 7) is 4.07. The zero-order chi connectivity index (χ0) is 13.3. The second-order valence-corrected chi connectivity index (χ2v) is 5.24. The Kier molecular flexibility index (Phi) is 5.91. The molecule has 0 unspecified atom stereocenters. The highest BCUT2D eigenvalue weighted by Crippen LogP contribution is 2.21. The van der Waals surface area contributed by atoms with Crippen LogP contribution in [0.3, 0.4) is 0 Å².